The molecule has 63 heavy (non-hydrogen) atoms. The number of hydrogen-bond donors (Lipinski definition) is 7. The van der Waals surface area contributed by atoms with Gasteiger partial charge in [0.1, 0.15) is 42.3 Å². The molecule has 8 N–H and O–H groups in total. The molecule has 0 aliphatic rings. The van der Waals surface area contributed by atoms with Gasteiger partial charge in [-0.3, -0.25) is 38.4 Å². The van der Waals surface area contributed by atoms with Crippen molar-refractivity contribution in [3.63, 3.8) is 0 Å². The topological polar surface area (TPSA) is 444 Å². The Morgan fingerprint density at radius 1 is 0.476 bits per heavy atom. The number of nitrogens with two attached hydrogens (primary N) is 1. The summed E-state index contributed by atoms with van der Waals surface area (Å²) in [5.74, 6) is -2.10. The second-order valence-corrected chi connectivity index (χ2v) is 18.0. The van der Waals surface area contributed by atoms with Crippen molar-refractivity contribution >= 4 is 113 Å². The highest BCUT2D eigenvalue weighted by atomic mass is 32.2. The lowest BCUT2D eigenvalue weighted by Crippen LogP contribution is -2.03. The number of rotatable bonds is 12. The maximum atomic E-state index is 12.6. The summed E-state index contributed by atoms with van der Waals surface area (Å²) in [6, 6.07) is 11.0. The molecule has 6 rings (SSSR count). The van der Waals surface area contributed by atoms with E-state index in [1.807, 2.05) is 0 Å². The lowest BCUT2D eigenvalue weighted by molar-refractivity contribution is -0.385. The monoisotopic (exact) mass is 947 g/mol. The molecule has 0 saturated carbocycles. The number of nitrogen functional groups attached to an aromatic ring is 1. The van der Waals surface area contributed by atoms with Gasteiger partial charge in [-0.1, -0.05) is 6.07 Å². The predicted octanol–water partition coefficient (Wildman–Crippen LogP) is 7.04. The van der Waals surface area contributed by atoms with E-state index in [1.165, 1.54) is 0 Å². The van der Waals surface area contributed by atoms with Crippen LogP contribution < -0.4 is 5.73 Å². The van der Waals surface area contributed by atoms with Crippen LogP contribution in [0.4, 0.5) is 51.2 Å². The lowest BCUT2D eigenvalue weighted by Gasteiger charge is -2.13. The number of fused-ring (bicyclic) bond motifs is 2. The summed E-state index contributed by atoms with van der Waals surface area (Å²) in [6.45, 7) is 0. The van der Waals surface area contributed by atoms with Gasteiger partial charge in [-0.2, -0.15) is 43.9 Å². The Morgan fingerprint density at radius 3 is 1.56 bits per heavy atom. The third kappa shape index (κ3) is 9.23. The summed E-state index contributed by atoms with van der Waals surface area (Å²) in [6.07, 6.45) is 0. The number of nitro groups is 2. The number of phenolic OH excluding ortho intramolecular Hbond substituents is 2. The number of nitro benzene ring substituents is 2. The van der Waals surface area contributed by atoms with Gasteiger partial charge in [0.2, 0.25) is 0 Å². The average molecular weight is 948 g/mol. The fourth-order valence-electron chi connectivity index (χ4n) is 5.68. The van der Waals surface area contributed by atoms with E-state index in [-0.39, 0.29) is 16.8 Å². The first kappa shape index (κ1) is 45.0. The maximum absolute atomic E-state index is 12.6. The number of azo groups is 3. The average Bonchev–Trinajstić information content (AvgIpc) is 3.18. The molecule has 0 amide bonds. The van der Waals surface area contributed by atoms with Gasteiger partial charge in [0.15, 0.2) is 11.5 Å². The third-order valence-corrected chi connectivity index (χ3v) is 12.0. The van der Waals surface area contributed by atoms with Crippen LogP contribution in [0.15, 0.2) is 129 Å². The molecular formula is C32H21N9O18S4. The molecule has 6 aromatic carbocycles. The van der Waals surface area contributed by atoms with E-state index < -0.39 is 137 Å². The summed E-state index contributed by atoms with van der Waals surface area (Å²) >= 11 is 0. The van der Waals surface area contributed by atoms with E-state index in [4.69, 9.17) is 5.73 Å². The predicted molar refractivity (Wildman–Crippen MR) is 214 cm³/mol. The van der Waals surface area contributed by atoms with Gasteiger partial charge in [0.25, 0.3) is 51.8 Å². The number of anilines is 1. The molecule has 0 aliphatic heterocycles. The van der Waals surface area contributed by atoms with E-state index in [0.717, 1.165) is 60.7 Å². The fourth-order valence-corrected chi connectivity index (χ4v) is 8.35. The number of non-ortho nitro benzene ring substituents is 2. The highest BCUT2D eigenvalue weighted by Gasteiger charge is 2.28. The van der Waals surface area contributed by atoms with Gasteiger partial charge in [-0.05, 0) is 53.9 Å². The van der Waals surface area contributed by atoms with Gasteiger partial charge < -0.3 is 15.9 Å². The number of aromatic hydroxyl groups is 2. The van der Waals surface area contributed by atoms with Gasteiger partial charge in [-0.15, -0.1) is 20.5 Å². The summed E-state index contributed by atoms with van der Waals surface area (Å²) in [5.41, 5.74) is 0.455. The van der Waals surface area contributed by atoms with Crippen molar-refractivity contribution in [1.29, 1.82) is 0 Å². The summed E-state index contributed by atoms with van der Waals surface area (Å²) in [7, 11) is -21.2. The standard InChI is InChI=1S/C32H21N9O18S4/c33-28-27-14(1-7-22(32(27)43)37-36-21-8-6-18(41(46)47)12-24(21)61(51,52)53)9-25(62(54,55)56)29(28)38-35-16-10-20-19(23(11-16)60(48,49)50)13-26(63(57,58)59)30(31(20)42)39-34-15-2-4-17(5-3-15)40(44)45/h1-13,42-43H,33H2,(H,48,49,50)(H,51,52,53)(H,54,55,56)(H,57,58,59). The number of hydrogen-bond acceptors (Lipinski definition) is 21. The molecule has 31 heteroatoms. The largest absolute Gasteiger partial charge is 0.505 e. The zero-order valence-electron chi connectivity index (χ0n) is 30.4. The van der Waals surface area contributed by atoms with Gasteiger partial charge in [0.05, 0.1) is 32.3 Å². The summed E-state index contributed by atoms with van der Waals surface area (Å²) < 4.78 is 139. The first-order chi connectivity index (χ1) is 29.2. The summed E-state index contributed by atoms with van der Waals surface area (Å²) in [5, 5.41) is 64.6. The van der Waals surface area contributed by atoms with Crippen molar-refractivity contribution in [2.24, 2.45) is 30.7 Å². The van der Waals surface area contributed by atoms with E-state index >= 15 is 0 Å². The molecule has 0 aliphatic carbocycles. The highest BCUT2D eigenvalue weighted by molar-refractivity contribution is 7.87. The Hall–Kier alpha value is -7.52. The van der Waals surface area contributed by atoms with Crippen molar-refractivity contribution in [2.45, 2.75) is 19.6 Å². The van der Waals surface area contributed by atoms with Crippen molar-refractivity contribution < 1.29 is 71.9 Å². The van der Waals surface area contributed by atoms with Crippen LogP contribution in [-0.4, -0.2) is 71.9 Å². The van der Waals surface area contributed by atoms with Crippen LogP contribution in [-0.2, 0) is 40.5 Å². The molecule has 27 nitrogen and oxygen atoms in total. The Bertz CT molecular complexity index is 3550. The molecule has 6 aromatic rings. The van der Waals surface area contributed by atoms with Crippen LogP contribution >= 0.6 is 0 Å². The Kier molecular flexibility index (Phi) is 11.5. The van der Waals surface area contributed by atoms with E-state index in [1.54, 1.807) is 0 Å². The third-order valence-electron chi connectivity index (χ3n) is 8.47. The molecule has 0 bridgehead atoms. The van der Waals surface area contributed by atoms with E-state index in [2.05, 4.69) is 30.7 Å². The van der Waals surface area contributed by atoms with Crippen LogP contribution in [0.3, 0.4) is 0 Å². The minimum absolute atomic E-state index is 0.137. The lowest BCUT2D eigenvalue weighted by atomic mass is 10.1. The normalized spacial score (nSPS) is 12.9. The fraction of sp³-hybridized carbons (Fsp3) is 0. The van der Waals surface area contributed by atoms with E-state index in [0.29, 0.717) is 18.2 Å². The maximum Gasteiger partial charge on any atom is 0.297 e. The number of nitrogens with zero attached hydrogens (tertiary/aromatic N) is 8. The van der Waals surface area contributed by atoms with Crippen LogP contribution in [0.5, 0.6) is 11.5 Å². The SMILES string of the molecule is Nc1c(N=Nc2cc(S(=O)(=O)O)c3cc(S(=O)(=O)O)c(N=Nc4ccc([N+](=O)[O-])cc4)c(O)c3c2)c(S(=O)(=O)O)cc2ccc(N=Nc3ccc([N+](=O)[O-])cc3S(=O)(=O)O)c(O)c12. The van der Waals surface area contributed by atoms with Crippen LogP contribution in [0.2, 0.25) is 0 Å². The Morgan fingerprint density at radius 2 is 0.984 bits per heavy atom. The zero-order valence-corrected chi connectivity index (χ0v) is 33.6. The Labute approximate surface area is 350 Å². The van der Waals surface area contributed by atoms with Crippen LogP contribution in [0.25, 0.3) is 21.5 Å². The van der Waals surface area contributed by atoms with Crippen molar-refractivity contribution in [2.75, 3.05) is 5.73 Å². The molecule has 0 fully saturated rings. The van der Waals surface area contributed by atoms with Gasteiger partial charge in [0, 0.05) is 35.0 Å². The smallest absolute Gasteiger partial charge is 0.297 e. The molecular weight excluding hydrogens is 927 g/mol. The molecule has 0 heterocycles. The molecule has 0 atom stereocenters. The van der Waals surface area contributed by atoms with Crippen molar-refractivity contribution in [1.82, 2.24) is 0 Å². The molecule has 0 radical (unpaired) electrons. The van der Waals surface area contributed by atoms with Gasteiger partial charge in [-0.25, -0.2) is 0 Å². The molecule has 0 unspecified atom stereocenters. The molecule has 0 saturated heterocycles. The Balaban J connectivity index is 1.53. The minimum Gasteiger partial charge on any atom is -0.505 e. The number of phenols is 2. The quantitative estimate of drug-likeness (QED) is 0.0212. The van der Waals surface area contributed by atoms with Crippen LogP contribution in [0.1, 0.15) is 0 Å². The summed E-state index contributed by atoms with van der Waals surface area (Å²) in [4.78, 5) is 15.9. The first-order valence-electron chi connectivity index (χ1n) is 16.3. The van der Waals surface area contributed by atoms with E-state index in [9.17, 15) is 82.3 Å². The van der Waals surface area contributed by atoms with Gasteiger partial charge >= 0.3 is 0 Å². The minimum atomic E-state index is -5.40. The highest BCUT2D eigenvalue weighted by Crippen LogP contribution is 2.48. The zero-order chi connectivity index (χ0) is 46.6. The second kappa shape index (κ2) is 16.1. The van der Waals surface area contributed by atoms with Crippen molar-refractivity contribution in [3.05, 3.63) is 99.1 Å². The number of benzene rings is 6. The van der Waals surface area contributed by atoms with Crippen molar-refractivity contribution in [3.8, 4) is 11.5 Å². The van der Waals surface area contributed by atoms with Crippen LogP contribution in [0, 0.1) is 20.2 Å². The first-order valence-corrected chi connectivity index (χ1v) is 22.0. The second-order valence-electron chi connectivity index (χ2n) is 12.5. The molecule has 0 aromatic heterocycles. The molecule has 326 valence electrons. The molecule has 0 spiro atoms.